The number of anilines is 1. The number of aliphatic carboxylic acids is 1. The third kappa shape index (κ3) is 4.72. The van der Waals surface area contributed by atoms with E-state index in [1.807, 2.05) is 5.32 Å². The van der Waals surface area contributed by atoms with E-state index in [1.54, 1.807) is 0 Å². The van der Waals surface area contributed by atoms with Crippen LogP contribution in [-0.4, -0.2) is 39.8 Å². The lowest BCUT2D eigenvalue weighted by Gasteiger charge is -2.10. The van der Waals surface area contributed by atoms with Gasteiger partial charge < -0.3 is 20.8 Å². The predicted molar refractivity (Wildman–Crippen MR) is 59.9 cm³/mol. The van der Waals surface area contributed by atoms with Crippen LogP contribution in [0, 0.1) is 0 Å². The lowest BCUT2D eigenvalue weighted by atomic mass is 10.3. The number of hydrogen-bond acceptors (Lipinski definition) is 4. The molecule has 0 aromatic carbocycles. The Labute approximate surface area is 110 Å². The molecule has 1 aromatic heterocycles. The van der Waals surface area contributed by atoms with Gasteiger partial charge in [0.2, 0.25) is 0 Å². The summed E-state index contributed by atoms with van der Waals surface area (Å²) in [5.74, 6) is -1.51. The number of carbonyl (C=O) groups excluding carboxylic acids is 1. The normalized spacial score (nSPS) is 12.6. The summed E-state index contributed by atoms with van der Waals surface area (Å²) in [4.78, 5) is 24.6. The number of aliphatic hydroxyl groups is 1. The number of nitrogens with one attached hydrogen (secondary N) is 2. The van der Waals surface area contributed by atoms with Crippen molar-refractivity contribution in [2.45, 2.75) is 12.3 Å². The number of amides is 2. The fraction of sp³-hybridized carbons (Fsp3) is 0.300. The van der Waals surface area contributed by atoms with Crippen molar-refractivity contribution in [3.8, 4) is 0 Å². The van der Waals surface area contributed by atoms with Crippen LogP contribution in [0.5, 0.6) is 0 Å². The monoisotopic (exact) mass is 293 g/mol. The molecule has 0 bridgehead atoms. The number of hydrogen-bond donors (Lipinski definition) is 4. The molecule has 1 atom stereocenters. The van der Waals surface area contributed by atoms with Gasteiger partial charge in [-0.2, -0.15) is 13.2 Å². The van der Waals surface area contributed by atoms with Crippen molar-refractivity contribution in [2.24, 2.45) is 0 Å². The topological polar surface area (TPSA) is 112 Å². The van der Waals surface area contributed by atoms with Gasteiger partial charge in [-0.3, -0.25) is 0 Å². The summed E-state index contributed by atoms with van der Waals surface area (Å²) < 4.78 is 36.7. The van der Waals surface area contributed by atoms with Crippen LogP contribution in [0.25, 0.3) is 0 Å². The van der Waals surface area contributed by atoms with Crippen LogP contribution in [0.15, 0.2) is 18.3 Å². The van der Waals surface area contributed by atoms with Crippen molar-refractivity contribution in [1.82, 2.24) is 10.3 Å². The minimum Gasteiger partial charge on any atom is -0.479 e. The number of carboxylic acids is 1. The number of carbonyl (C=O) groups is 2. The number of urea groups is 1. The van der Waals surface area contributed by atoms with E-state index >= 15 is 0 Å². The fourth-order valence-corrected chi connectivity index (χ4v) is 1.09. The average molecular weight is 293 g/mol. The van der Waals surface area contributed by atoms with Crippen LogP contribution < -0.4 is 10.6 Å². The molecule has 0 radical (unpaired) electrons. The fourth-order valence-electron chi connectivity index (χ4n) is 1.09. The maximum atomic E-state index is 12.2. The molecule has 0 aliphatic rings. The third-order valence-electron chi connectivity index (χ3n) is 2.05. The Morgan fingerprint density at radius 3 is 2.45 bits per heavy atom. The highest BCUT2D eigenvalue weighted by molar-refractivity contribution is 5.89. The van der Waals surface area contributed by atoms with E-state index in [2.05, 4.69) is 10.3 Å². The zero-order valence-corrected chi connectivity index (χ0v) is 9.81. The van der Waals surface area contributed by atoms with E-state index in [1.165, 1.54) is 0 Å². The van der Waals surface area contributed by atoms with E-state index < -0.39 is 36.5 Å². The first kappa shape index (κ1) is 15.7. The van der Waals surface area contributed by atoms with Gasteiger partial charge in [-0.05, 0) is 12.1 Å². The van der Waals surface area contributed by atoms with Crippen molar-refractivity contribution < 1.29 is 33.0 Å². The number of pyridine rings is 1. The van der Waals surface area contributed by atoms with Crippen LogP contribution in [0.1, 0.15) is 5.69 Å². The first-order valence-corrected chi connectivity index (χ1v) is 5.19. The second kappa shape index (κ2) is 6.19. The standard InChI is InChI=1S/C10H10F3N3O4/c11-10(12,13)7-2-1-5(3-14-7)16-9(20)15-4-6(17)8(18)19/h1-3,6,17H,4H2,(H,18,19)(H2,15,16,20). The molecule has 1 aromatic rings. The molecular weight excluding hydrogens is 283 g/mol. The lowest BCUT2D eigenvalue weighted by Crippen LogP contribution is -2.38. The first-order chi connectivity index (χ1) is 9.20. The van der Waals surface area contributed by atoms with Gasteiger partial charge in [0.05, 0.1) is 18.4 Å². The molecule has 7 nitrogen and oxygen atoms in total. The van der Waals surface area contributed by atoms with Gasteiger partial charge in [-0.1, -0.05) is 0 Å². The van der Waals surface area contributed by atoms with Crippen molar-refractivity contribution in [3.05, 3.63) is 24.0 Å². The van der Waals surface area contributed by atoms with Crippen LogP contribution in [-0.2, 0) is 11.0 Å². The Hall–Kier alpha value is -2.36. The number of halogens is 3. The molecule has 1 unspecified atom stereocenters. The van der Waals surface area contributed by atoms with Crippen molar-refractivity contribution in [3.63, 3.8) is 0 Å². The number of carboxylic acid groups (broad SMARTS) is 1. The quantitative estimate of drug-likeness (QED) is 0.652. The smallest absolute Gasteiger partial charge is 0.433 e. The minimum absolute atomic E-state index is 0.0136. The highest BCUT2D eigenvalue weighted by atomic mass is 19.4. The number of rotatable bonds is 4. The van der Waals surface area contributed by atoms with Gasteiger partial charge >= 0.3 is 18.2 Å². The van der Waals surface area contributed by atoms with E-state index in [9.17, 15) is 22.8 Å². The van der Waals surface area contributed by atoms with Crippen molar-refractivity contribution in [1.29, 1.82) is 0 Å². The summed E-state index contributed by atoms with van der Waals surface area (Å²) in [5, 5.41) is 21.4. The number of aliphatic hydroxyl groups excluding tert-OH is 1. The van der Waals surface area contributed by atoms with Crippen LogP contribution in [0.2, 0.25) is 0 Å². The van der Waals surface area contributed by atoms with Gasteiger partial charge in [0.1, 0.15) is 5.69 Å². The minimum atomic E-state index is -4.58. The molecule has 0 fully saturated rings. The molecule has 4 N–H and O–H groups in total. The number of nitrogens with zero attached hydrogens (tertiary/aromatic N) is 1. The SMILES string of the molecule is O=C(NCC(O)C(=O)O)Nc1ccc(C(F)(F)F)nc1. The molecule has 2 amide bonds. The molecule has 0 saturated heterocycles. The molecule has 0 spiro atoms. The summed E-state index contributed by atoms with van der Waals surface area (Å²) in [6.07, 6.45) is -5.55. The summed E-state index contributed by atoms with van der Waals surface area (Å²) >= 11 is 0. The van der Waals surface area contributed by atoms with Crippen LogP contribution >= 0.6 is 0 Å². The molecule has 0 aliphatic heterocycles. The molecule has 0 saturated carbocycles. The number of aromatic nitrogens is 1. The Kier molecular flexibility index (Phi) is 4.86. The maximum Gasteiger partial charge on any atom is 0.433 e. The van der Waals surface area contributed by atoms with Gasteiger partial charge in [-0.25, -0.2) is 14.6 Å². The number of alkyl halides is 3. The van der Waals surface area contributed by atoms with Gasteiger partial charge in [0, 0.05) is 0 Å². The van der Waals surface area contributed by atoms with Crippen molar-refractivity contribution >= 4 is 17.7 Å². The Morgan fingerprint density at radius 2 is 2.00 bits per heavy atom. The molecule has 1 heterocycles. The summed E-state index contributed by atoms with van der Waals surface area (Å²) in [5.41, 5.74) is -1.12. The van der Waals surface area contributed by atoms with E-state index in [0.29, 0.717) is 6.07 Å². The predicted octanol–water partition coefficient (Wildman–Crippen LogP) is 0.667. The second-order valence-corrected chi connectivity index (χ2v) is 3.62. The molecular formula is C10H10F3N3O4. The summed E-state index contributed by atoms with van der Waals surface area (Å²) in [6, 6.07) is 0.789. The summed E-state index contributed by atoms with van der Waals surface area (Å²) in [7, 11) is 0. The Morgan fingerprint density at radius 1 is 1.35 bits per heavy atom. The Balaban J connectivity index is 2.53. The van der Waals surface area contributed by atoms with Gasteiger partial charge in [0.25, 0.3) is 0 Å². The first-order valence-electron chi connectivity index (χ1n) is 5.19. The molecule has 20 heavy (non-hydrogen) atoms. The lowest BCUT2D eigenvalue weighted by molar-refractivity contribution is -0.146. The highest BCUT2D eigenvalue weighted by Crippen LogP contribution is 2.27. The molecule has 1 rings (SSSR count). The van der Waals surface area contributed by atoms with Gasteiger partial charge in [-0.15, -0.1) is 0 Å². The molecule has 0 aliphatic carbocycles. The maximum absolute atomic E-state index is 12.2. The molecule has 110 valence electrons. The highest BCUT2D eigenvalue weighted by Gasteiger charge is 2.32. The van der Waals surface area contributed by atoms with E-state index in [0.717, 1.165) is 12.3 Å². The second-order valence-electron chi connectivity index (χ2n) is 3.62. The van der Waals surface area contributed by atoms with Gasteiger partial charge in [0.15, 0.2) is 6.10 Å². The zero-order valence-electron chi connectivity index (χ0n) is 9.81. The Bertz CT molecular complexity index is 490. The van der Waals surface area contributed by atoms with E-state index in [-0.39, 0.29) is 5.69 Å². The summed E-state index contributed by atoms with van der Waals surface area (Å²) in [6.45, 7) is -0.546. The largest absolute Gasteiger partial charge is 0.479 e. The van der Waals surface area contributed by atoms with Crippen LogP contribution in [0.4, 0.5) is 23.7 Å². The molecule has 10 heteroatoms. The average Bonchev–Trinajstić information content (AvgIpc) is 2.35. The third-order valence-corrected chi connectivity index (χ3v) is 2.05. The van der Waals surface area contributed by atoms with E-state index in [4.69, 9.17) is 10.2 Å². The zero-order chi connectivity index (χ0) is 15.3. The van der Waals surface area contributed by atoms with Crippen molar-refractivity contribution in [2.75, 3.05) is 11.9 Å². The van der Waals surface area contributed by atoms with Crippen LogP contribution in [0.3, 0.4) is 0 Å².